The summed E-state index contributed by atoms with van der Waals surface area (Å²) in [5.41, 5.74) is 1.51. The van der Waals surface area contributed by atoms with Crippen LogP contribution in [0.2, 0.25) is 0 Å². The van der Waals surface area contributed by atoms with E-state index in [0.29, 0.717) is 31.6 Å². The fourth-order valence-electron chi connectivity index (χ4n) is 4.07. The maximum atomic E-state index is 12.7. The van der Waals surface area contributed by atoms with E-state index in [1.54, 1.807) is 12.1 Å². The van der Waals surface area contributed by atoms with Crippen LogP contribution in [0.1, 0.15) is 30.4 Å². The lowest BCUT2D eigenvalue weighted by molar-refractivity contribution is -0.121. The molecule has 1 heterocycles. The molecule has 1 fully saturated rings. The first-order chi connectivity index (χ1) is 14.0. The maximum Gasteiger partial charge on any atom is 0.264 e. The zero-order chi connectivity index (χ0) is 20.4. The maximum absolute atomic E-state index is 12.7. The summed E-state index contributed by atoms with van der Waals surface area (Å²) in [7, 11) is 0. The van der Waals surface area contributed by atoms with Gasteiger partial charge >= 0.3 is 0 Å². The highest BCUT2D eigenvalue weighted by Crippen LogP contribution is 2.41. The molecule has 29 heavy (non-hydrogen) atoms. The van der Waals surface area contributed by atoms with Gasteiger partial charge in [-0.3, -0.25) is 9.59 Å². The molecule has 0 radical (unpaired) electrons. The molecule has 2 aromatic rings. The van der Waals surface area contributed by atoms with E-state index in [-0.39, 0.29) is 17.4 Å². The molecule has 3 N–H and O–H groups in total. The summed E-state index contributed by atoms with van der Waals surface area (Å²) in [5.74, 6) is -1.33. The molecule has 1 aliphatic carbocycles. The average molecular weight is 392 g/mol. The fraction of sp³-hybridized carbons (Fsp3) is 0.304. The van der Waals surface area contributed by atoms with Crippen LogP contribution in [0.15, 0.2) is 65.9 Å². The zero-order valence-electron chi connectivity index (χ0n) is 16.3. The molecule has 2 atom stereocenters. The van der Waals surface area contributed by atoms with E-state index >= 15 is 0 Å². The molecule has 1 saturated carbocycles. The molecule has 0 aromatic heterocycles. The quantitative estimate of drug-likeness (QED) is 0.681. The monoisotopic (exact) mass is 392 g/mol. The normalized spacial score (nSPS) is 23.5. The molecule has 0 saturated heterocycles. The van der Waals surface area contributed by atoms with Crippen LogP contribution in [0, 0.1) is 6.92 Å². The Morgan fingerprint density at radius 1 is 1.24 bits per heavy atom. The molecule has 0 unspecified atom stereocenters. The van der Waals surface area contributed by atoms with Crippen LogP contribution in [-0.2, 0) is 20.9 Å². The second-order valence-electron chi connectivity index (χ2n) is 7.74. The van der Waals surface area contributed by atoms with Crippen LogP contribution < -0.4 is 10.6 Å². The first kappa shape index (κ1) is 19.2. The zero-order valence-corrected chi connectivity index (χ0v) is 16.3. The minimum Gasteiger partial charge on any atom is -0.509 e. The van der Waals surface area contributed by atoms with Gasteiger partial charge < -0.3 is 20.5 Å². The van der Waals surface area contributed by atoms with Crippen molar-refractivity contribution in [2.24, 2.45) is 0 Å². The summed E-state index contributed by atoms with van der Waals surface area (Å²) in [5, 5.41) is 16.3. The predicted octanol–water partition coefficient (Wildman–Crippen LogP) is 3.38. The third kappa shape index (κ3) is 3.89. The van der Waals surface area contributed by atoms with E-state index in [2.05, 4.69) is 10.6 Å². The van der Waals surface area contributed by atoms with Gasteiger partial charge in [-0.05, 0) is 43.0 Å². The first-order valence-electron chi connectivity index (χ1n) is 9.77. The van der Waals surface area contributed by atoms with Gasteiger partial charge in [0.25, 0.3) is 11.8 Å². The van der Waals surface area contributed by atoms with Crippen LogP contribution >= 0.6 is 0 Å². The number of amides is 2. The van der Waals surface area contributed by atoms with Crippen molar-refractivity contribution < 1.29 is 19.4 Å². The molecule has 1 aliphatic heterocycles. The summed E-state index contributed by atoms with van der Waals surface area (Å²) in [6.45, 7) is 2.39. The van der Waals surface area contributed by atoms with Gasteiger partial charge in [0.05, 0.1) is 12.7 Å². The van der Waals surface area contributed by atoms with E-state index in [0.717, 1.165) is 11.1 Å². The molecule has 6 nitrogen and oxygen atoms in total. The Morgan fingerprint density at radius 3 is 2.79 bits per heavy atom. The van der Waals surface area contributed by atoms with Gasteiger partial charge in [-0.25, -0.2) is 0 Å². The van der Waals surface area contributed by atoms with Gasteiger partial charge in [-0.15, -0.1) is 0 Å². The molecule has 0 bridgehead atoms. The average Bonchev–Trinajstić information content (AvgIpc) is 3.21. The third-order valence-corrected chi connectivity index (χ3v) is 5.57. The Morgan fingerprint density at radius 2 is 2.03 bits per heavy atom. The summed E-state index contributed by atoms with van der Waals surface area (Å²) >= 11 is 0. The number of benzene rings is 2. The van der Waals surface area contributed by atoms with Gasteiger partial charge in [0.15, 0.2) is 0 Å². The molecular formula is C23H24N2O4. The van der Waals surface area contributed by atoms with E-state index in [9.17, 15) is 14.7 Å². The molecule has 150 valence electrons. The number of aliphatic hydroxyl groups is 1. The molecule has 6 heteroatoms. The van der Waals surface area contributed by atoms with Crippen LogP contribution in [0.4, 0.5) is 5.69 Å². The minimum atomic E-state index is -0.919. The van der Waals surface area contributed by atoms with Crippen molar-refractivity contribution >= 4 is 17.5 Å². The Balaban J connectivity index is 1.45. The van der Waals surface area contributed by atoms with Crippen molar-refractivity contribution in [2.45, 2.75) is 44.4 Å². The van der Waals surface area contributed by atoms with Crippen LogP contribution in [0.5, 0.6) is 0 Å². The van der Waals surface area contributed by atoms with Crippen LogP contribution in [0.3, 0.4) is 0 Å². The Labute approximate surface area is 169 Å². The van der Waals surface area contributed by atoms with Gasteiger partial charge in [0, 0.05) is 12.1 Å². The number of hydrogen-bond acceptors (Lipinski definition) is 4. The van der Waals surface area contributed by atoms with Gasteiger partial charge in [-0.2, -0.15) is 0 Å². The molecule has 2 aromatic carbocycles. The first-order valence-corrected chi connectivity index (χ1v) is 9.77. The Hall–Kier alpha value is -3.12. The van der Waals surface area contributed by atoms with Gasteiger partial charge in [0.1, 0.15) is 16.9 Å². The van der Waals surface area contributed by atoms with Crippen LogP contribution in [-0.4, -0.2) is 28.6 Å². The molecule has 4 rings (SSSR count). The molecule has 2 aliphatic rings. The SMILES string of the molecule is Cc1cccc(NC(=O)C2=C(O)[C@@]3(CC[C@H](OCc4ccccc4)C3)NC2=O)c1. The van der Waals surface area contributed by atoms with E-state index in [1.165, 1.54) is 0 Å². The smallest absolute Gasteiger partial charge is 0.264 e. The second-order valence-corrected chi connectivity index (χ2v) is 7.74. The van der Waals surface area contributed by atoms with Gasteiger partial charge in [0.2, 0.25) is 0 Å². The highest BCUT2D eigenvalue weighted by Gasteiger charge is 2.52. The topological polar surface area (TPSA) is 87.7 Å². The van der Waals surface area contributed by atoms with Crippen molar-refractivity contribution in [2.75, 3.05) is 5.32 Å². The van der Waals surface area contributed by atoms with Crippen molar-refractivity contribution in [3.8, 4) is 0 Å². The number of ether oxygens (including phenoxy) is 1. The van der Waals surface area contributed by atoms with Crippen molar-refractivity contribution in [1.29, 1.82) is 0 Å². The number of carbonyl (C=O) groups is 2. The lowest BCUT2D eigenvalue weighted by Gasteiger charge is -2.24. The number of carbonyl (C=O) groups excluding carboxylic acids is 2. The summed E-state index contributed by atoms with van der Waals surface area (Å²) < 4.78 is 5.98. The minimum absolute atomic E-state index is 0.100. The summed E-state index contributed by atoms with van der Waals surface area (Å²) in [6.07, 6.45) is 1.57. The van der Waals surface area contributed by atoms with E-state index < -0.39 is 17.4 Å². The van der Waals surface area contributed by atoms with E-state index in [4.69, 9.17) is 4.74 Å². The second kappa shape index (κ2) is 7.72. The van der Waals surface area contributed by atoms with Gasteiger partial charge in [-0.1, -0.05) is 42.5 Å². The predicted molar refractivity (Wildman–Crippen MR) is 109 cm³/mol. The standard InChI is InChI=1S/C23H24N2O4/c1-15-6-5-9-17(12-15)24-21(27)19-20(26)23(25-22(19)28)11-10-18(13-23)29-14-16-7-3-2-4-8-16/h2-9,12,18,26H,10-11,13-14H2,1H3,(H,24,27)(H,25,28)/t18-,23-/m0/s1. The number of rotatable bonds is 5. The van der Waals surface area contributed by atoms with Crippen molar-refractivity contribution in [3.05, 3.63) is 77.1 Å². The number of aryl methyl sites for hydroxylation is 1. The highest BCUT2D eigenvalue weighted by atomic mass is 16.5. The number of aliphatic hydroxyl groups excluding tert-OH is 1. The number of nitrogens with one attached hydrogen (secondary N) is 2. The highest BCUT2D eigenvalue weighted by molar-refractivity contribution is 6.25. The van der Waals surface area contributed by atoms with Crippen molar-refractivity contribution in [1.82, 2.24) is 5.32 Å². The van der Waals surface area contributed by atoms with Crippen LogP contribution in [0.25, 0.3) is 0 Å². The Bertz CT molecular complexity index is 970. The van der Waals surface area contributed by atoms with Crippen molar-refractivity contribution in [3.63, 3.8) is 0 Å². The largest absolute Gasteiger partial charge is 0.509 e. The lowest BCUT2D eigenvalue weighted by atomic mass is 9.95. The third-order valence-electron chi connectivity index (χ3n) is 5.57. The molecule has 1 spiro atoms. The lowest BCUT2D eigenvalue weighted by Crippen LogP contribution is -2.43. The number of anilines is 1. The fourth-order valence-corrected chi connectivity index (χ4v) is 4.07. The Kier molecular flexibility index (Phi) is 5.11. The number of hydrogen-bond donors (Lipinski definition) is 3. The molecule has 2 amide bonds. The molecular weight excluding hydrogens is 368 g/mol. The summed E-state index contributed by atoms with van der Waals surface area (Å²) in [6, 6.07) is 17.1. The summed E-state index contributed by atoms with van der Waals surface area (Å²) in [4.78, 5) is 25.2. The van der Waals surface area contributed by atoms with E-state index in [1.807, 2.05) is 49.4 Å².